The highest BCUT2D eigenvalue weighted by Gasteiger charge is 2.14. The predicted octanol–water partition coefficient (Wildman–Crippen LogP) is 1.59. The average molecular weight is 293 g/mol. The number of rotatable bonds is 8. The molecule has 1 aromatic rings. The Morgan fingerprint density at radius 3 is 2.29 bits per heavy atom. The topological polar surface area (TPSA) is 83.9 Å². The van der Waals surface area contributed by atoms with Gasteiger partial charge in [0.25, 0.3) is 0 Å². The Morgan fingerprint density at radius 2 is 1.76 bits per heavy atom. The first-order valence-corrected chi connectivity index (χ1v) is 6.65. The van der Waals surface area contributed by atoms with Crippen LogP contribution in [0.4, 0.5) is 0 Å². The lowest BCUT2D eigenvalue weighted by atomic mass is 10.1. The van der Waals surface area contributed by atoms with Gasteiger partial charge in [0.05, 0.1) is 6.61 Å². The average Bonchev–Trinajstić information content (AvgIpc) is 2.44. The van der Waals surface area contributed by atoms with E-state index in [0.717, 1.165) is 4.90 Å². The van der Waals surface area contributed by atoms with Gasteiger partial charge < -0.3 is 14.7 Å². The van der Waals surface area contributed by atoms with Crippen molar-refractivity contribution in [1.82, 2.24) is 4.90 Å². The van der Waals surface area contributed by atoms with Crippen LogP contribution in [0.3, 0.4) is 0 Å². The molecule has 0 spiro atoms. The fourth-order valence-electron chi connectivity index (χ4n) is 1.75. The Bertz CT molecular complexity index is 509. The molecule has 0 bridgehead atoms. The standard InChI is InChI=1S/C15H19NO5/c1-3-21-12-6-4-11(5-7-12)13(17)8-9-14(18)16(2)10-15(19)20/h4-7H,3,8-10H2,1-2H3,(H,19,20). The van der Waals surface area contributed by atoms with Gasteiger partial charge in [0, 0.05) is 25.5 Å². The molecule has 0 saturated carbocycles. The van der Waals surface area contributed by atoms with Crippen LogP contribution in [0.25, 0.3) is 0 Å². The number of nitrogens with zero attached hydrogens (tertiary/aromatic N) is 1. The van der Waals surface area contributed by atoms with Crippen molar-refractivity contribution in [2.24, 2.45) is 0 Å². The SMILES string of the molecule is CCOc1ccc(C(=O)CCC(=O)N(C)CC(=O)O)cc1. The number of ether oxygens (including phenoxy) is 1. The van der Waals surface area contributed by atoms with Gasteiger partial charge in [0.1, 0.15) is 12.3 Å². The monoisotopic (exact) mass is 293 g/mol. The molecule has 0 saturated heterocycles. The smallest absolute Gasteiger partial charge is 0.323 e. The summed E-state index contributed by atoms with van der Waals surface area (Å²) in [6.07, 6.45) is 0.0482. The maximum Gasteiger partial charge on any atom is 0.323 e. The largest absolute Gasteiger partial charge is 0.494 e. The fraction of sp³-hybridized carbons (Fsp3) is 0.400. The maximum atomic E-state index is 11.9. The maximum absolute atomic E-state index is 11.9. The molecule has 1 amide bonds. The van der Waals surface area contributed by atoms with Crippen molar-refractivity contribution in [2.45, 2.75) is 19.8 Å². The van der Waals surface area contributed by atoms with Crippen LogP contribution in [0.5, 0.6) is 5.75 Å². The minimum atomic E-state index is -1.08. The van der Waals surface area contributed by atoms with Crippen LogP contribution < -0.4 is 4.74 Å². The second-order valence-corrected chi connectivity index (χ2v) is 4.52. The minimum Gasteiger partial charge on any atom is -0.494 e. The van der Waals surface area contributed by atoms with E-state index in [0.29, 0.717) is 17.9 Å². The number of carboxylic acids is 1. The molecular formula is C15H19NO5. The Kier molecular flexibility index (Phi) is 6.39. The lowest BCUT2D eigenvalue weighted by Crippen LogP contribution is -2.32. The third-order valence-corrected chi connectivity index (χ3v) is 2.85. The van der Waals surface area contributed by atoms with Crippen LogP contribution in [0, 0.1) is 0 Å². The van der Waals surface area contributed by atoms with Crippen molar-refractivity contribution >= 4 is 17.7 Å². The molecule has 21 heavy (non-hydrogen) atoms. The molecule has 0 heterocycles. The molecule has 0 fully saturated rings. The van der Waals surface area contributed by atoms with Crippen LogP contribution in [-0.4, -0.2) is 47.9 Å². The number of hydrogen-bond acceptors (Lipinski definition) is 4. The first-order chi connectivity index (χ1) is 9.93. The molecule has 0 atom stereocenters. The highest BCUT2D eigenvalue weighted by atomic mass is 16.5. The van der Waals surface area contributed by atoms with Crippen molar-refractivity contribution in [3.63, 3.8) is 0 Å². The van der Waals surface area contributed by atoms with Crippen molar-refractivity contribution in [2.75, 3.05) is 20.2 Å². The molecule has 1 N–H and O–H groups in total. The third-order valence-electron chi connectivity index (χ3n) is 2.85. The molecule has 1 aromatic carbocycles. The number of carbonyl (C=O) groups is 3. The van der Waals surface area contributed by atoms with Crippen LogP contribution in [0.15, 0.2) is 24.3 Å². The van der Waals surface area contributed by atoms with Gasteiger partial charge >= 0.3 is 5.97 Å². The lowest BCUT2D eigenvalue weighted by Gasteiger charge is -2.13. The van der Waals surface area contributed by atoms with Crippen molar-refractivity contribution in [3.8, 4) is 5.75 Å². The van der Waals surface area contributed by atoms with Crippen molar-refractivity contribution in [1.29, 1.82) is 0 Å². The van der Waals surface area contributed by atoms with Gasteiger partial charge in [-0.05, 0) is 31.2 Å². The number of amides is 1. The Morgan fingerprint density at radius 1 is 1.14 bits per heavy atom. The van der Waals surface area contributed by atoms with Gasteiger partial charge in [-0.2, -0.15) is 0 Å². The van der Waals surface area contributed by atoms with E-state index in [1.807, 2.05) is 6.92 Å². The number of carboxylic acid groups (broad SMARTS) is 1. The summed E-state index contributed by atoms with van der Waals surface area (Å²) in [5, 5.41) is 8.59. The minimum absolute atomic E-state index is 0.00414. The number of Topliss-reactive ketones (excluding diaryl/α,β-unsaturated/α-hetero) is 1. The normalized spacial score (nSPS) is 10.0. The van der Waals surface area contributed by atoms with E-state index in [-0.39, 0.29) is 31.1 Å². The lowest BCUT2D eigenvalue weighted by molar-refractivity contribution is -0.143. The molecule has 0 aliphatic carbocycles. The van der Waals surface area contributed by atoms with Crippen LogP contribution in [0.2, 0.25) is 0 Å². The summed E-state index contributed by atoms with van der Waals surface area (Å²) in [6.45, 7) is 2.06. The summed E-state index contributed by atoms with van der Waals surface area (Å²) >= 11 is 0. The number of ketones is 1. The number of carbonyl (C=O) groups excluding carboxylic acids is 2. The number of aliphatic carboxylic acids is 1. The summed E-state index contributed by atoms with van der Waals surface area (Å²) in [6, 6.07) is 6.71. The second-order valence-electron chi connectivity index (χ2n) is 4.52. The van der Waals surface area contributed by atoms with Gasteiger partial charge in [0.2, 0.25) is 5.91 Å². The molecule has 0 aliphatic heterocycles. The van der Waals surface area contributed by atoms with E-state index in [1.54, 1.807) is 24.3 Å². The van der Waals surface area contributed by atoms with Gasteiger partial charge in [-0.25, -0.2) is 0 Å². The zero-order valence-corrected chi connectivity index (χ0v) is 12.2. The molecule has 114 valence electrons. The molecule has 0 aliphatic rings. The quantitative estimate of drug-likeness (QED) is 0.736. The van der Waals surface area contributed by atoms with E-state index in [1.165, 1.54) is 7.05 Å². The number of hydrogen-bond donors (Lipinski definition) is 1. The van der Waals surface area contributed by atoms with Gasteiger partial charge in [0.15, 0.2) is 5.78 Å². The Hall–Kier alpha value is -2.37. The fourth-order valence-corrected chi connectivity index (χ4v) is 1.75. The first-order valence-electron chi connectivity index (χ1n) is 6.65. The van der Waals surface area contributed by atoms with E-state index in [9.17, 15) is 14.4 Å². The molecule has 1 rings (SSSR count). The van der Waals surface area contributed by atoms with Crippen molar-refractivity contribution in [3.05, 3.63) is 29.8 Å². The summed E-state index contributed by atoms with van der Waals surface area (Å²) < 4.78 is 5.28. The molecule has 6 heteroatoms. The zero-order chi connectivity index (χ0) is 15.8. The Balaban J connectivity index is 2.49. The van der Waals surface area contributed by atoms with Gasteiger partial charge in [-0.3, -0.25) is 14.4 Å². The highest BCUT2D eigenvalue weighted by molar-refractivity contribution is 5.98. The molecule has 0 aromatic heterocycles. The summed E-state index contributed by atoms with van der Waals surface area (Å²) in [7, 11) is 1.40. The van der Waals surface area contributed by atoms with Gasteiger partial charge in [-0.15, -0.1) is 0 Å². The molecular weight excluding hydrogens is 274 g/mol. The third kappa shape index (κ3) is 5.64. The second kappa shape index (κ2) is 8.04. The molecule has 0 radical (unpaired) electrons. The van der Waals surface area contributed by atoms with Gasteiger partial charge in [-0.1, -0.05) is 0 Å². The van der Waals surface area contributed by atoms with Crippen molar-refractivity contribution < 1.29 is 24.2 Å². The van der Waals surface area contributed by atoms with E-state index < -0.39 is 5.97 Å². The van der Waals surface area contributed by atoms with E-state index in [4.69, 9.17) is 9.84 Å². The molecule has 6 nitrogen and oxygen atoms in total. The van der Waals surface area contributed by atoms with E-state index >= 15 is 0 Å². The van der Waals surface area contributed by atoms with Crippen LogP contribution >= 0.6 is 0 Å². The summed E-state index contributed by atoms with van der Waals surface area (Å²) in [5.74, 6) is -0.915. The number of likely N-dealkylation sites (N-methyl/N-ethyl adjacent to an activating group) is 1. The zero-order valence-electron chi connectivity index (χ0n) is 12.2. The van der Waals surface area contributed by atoms with Crippen LogP contribution in [-0.2, 0) is 9.59 Å². The number of benzene rings is 1. The highest BCUT2D eigenvalue weighted by Crippen LogP contribution is 2.14. The van der Waals surface area contributed by atoms with Crippen LogP contribution in [0.1, 0.15) is 30.1 Å². The first kappa shape index (κ1) is 16.7. The summed E-state index contributed by atoms with van der Waals surface area (Å²) in [4.78, 5) is 35.2. The summed E-state index contributed by atoms with van der Waals surface area (Å²) in [5.41, 5.74) is 0.507. The predicted molar refractivity (Wildman–Crippen MR) is 76.4 cm³/mol. The molecule has 0 unspecified atom stereocenters. The van der Waals surface area contributed by atoms with E-state index in [2.05, 4.69) is 0 Å². The Labute approximate surface area is 123 Å².